The third kappa shape index (κ3) is 21.4. The normalized spacial score (nSPS) is 11.9. The summed E-state index contributed by atoms with van der Waals surface area (Å²) in [6.07, 6.45) is 31.7. The van der Waals surface area contributed by atoms with E-state index in [2.05, 4.69) is 31.2 Å². The molecule has 0 aliphatic heterocycles. The van der Waals surface area contributed by atoms with Crippen molar-refractivity contribution in [2.24, 2.45) is 0 Å². The van der Waals surface area contributed by atoms with Crippen LogP contribution in [0.15, 0.2) is 24.3 Å². The third-order valence-electron chi connectivity index (χ3n) is 4.59. The maximum absolute atomic E-state index is 8.69. The van der Waals surface area contributed by atoms with Gasteiger partial charge in [-0.15, -0.1) is 0 Å². The zero-order valence-corrected chi connectivity index (χ0v) is 16.5. The van der Waals surface area contributed by atoms with Crippen molar-refractivity contribution in [1.29, 1.82) is 0 Å². The summed E-state index contributed by atoms with van der Waals surface area (Å²) < 4.78 is 0. The number of unbranched alkanes of at least 4 members (excludes halogenated alkanes) is 14. The van der Waals surface area contributed by atoms with Gasteiger partial charge >= 0.3 is 0 Å². The lowest BCUT2D eigenvalue weighted by molar-refractivity contribution is 0.283. The van der Waals surface area contributed by atoms with Crippen molar-refractivity contribution in [3.63, 3.8) is 0 Å². The Hall–Kier alpha value is -0.560. The van der Waals surface area contributed by atoms with E-state index >= 15 is 0 Å². The second kappa shape index (κ2) is 22.4. The number of aliphatic hydroxyl groups is 1. The highest BCUT2D eigenvalue weighted by atomic mass is 16.2. The minimum Gasteiger partial charge on any atom is -0.396 e. The van der Waals surface area contributed by atoms with Gasteiger partial charge in [0.05, 0.1) is 0 Å². The Balaban J connectivity index is 3.12. The van der Waals surface area contributed by atoms with Crippen LogP contribution in [0.4, 0.5) is 0 Å². The molecule has 0 atom stereocenters. The summed E-state index contributed by atoms with van der Waals surface area (Å²) in [7, 11) is 0. The summed E-state index contributed by atoms with van der Waals surface area (Å²) in [5, 5.41) is 8.69. The topological polar surface area (TPSA) is 20.2 Å². The largest absolute Gasteiger partial charge is 0.396 e. The predicted molar refractivity (Wildman–Crippen MR) is 110 cm³/mol. The SMILES string of the molecule is CCCCCCCCCCCCC=CCCC=CCCCCCO. The van der Waals surface area contributed by atoms with Crippen LogP contribution in [0.25, 0.3) is 0 Å². The van der Waals surface area contributed by atoms with Crippen LogP contribution in [-0.2, 0) is 0 Å². The summed E-state index contributed by atoms with van der Waals surface area (Å²) in [5.74, 6) is 0. The molecule has 0 bridgehead atoms. The van der Waals surface area contributed by atoms with Crippen molar-refractivity contribution in [3.8, 4) is 0 Å². The summed E-state index contributed by atoms with van der Waals surface area (Å²) in [4.78, 5) is 0. The average molecular weight is 337 g/mol. The standard InChI is InChI=1S/C23H44O/c1-2-3-4-5-6-7-8-9-10-11-12-13-14-15-16-17-18-19-20-21-22-23-24/h13-14,17-18,24H,2-12,15-16,19-23H2,1H3. The Morgan fingerprint density at radius 2 is 0.833 bits per heavy atom. The zero-order chi connectivity index (χ0) is 17.6. The Morgan fingerprint density at radius 1 is 0.458 bits per heavy atom. The predicted octanol–water partition coefficient (Wildman–Crippen LogP) is 7.74. The van der Waals surface area contributed by atoms with E-state index in [1.54, 1.807) is 0 Å². The smallest absolute Gasteiger partial charge is 0.0431 e. The Bertz CT molecular complexity index is 267. The van der Waals surface area contributed by atoms with Crippen LogP contribution in [-0.4, -0.2) is 11.7 Å². The molecule has 142 valence electrons. The lowest BCUT2D eigenvalue weighted by Gasteiger charge is -2.01. The Kier molecular flexibility index (Phi) is 21.9. The molecular weight excluding hydrogens is 292 g/mol. The van der Waals surface area contributed by atoms with E-state index in [0.29, 0.717) is 6.61 Å². The first-order valence-electron chi connectivity index (χ1n) is 10.8. The van der Waals surface area contributed by atoms with Gasteiger partial charge in [-0.1, -0.05) is 95.4 Å². The summed E-state index contributed by atoms with van der Waals surface area (Å²) >= 11 is 0. The van der Waals surface area contributed by atoms with Gasteiger partial charge in [0.25, 0.3) is 0 Å². The van der Waals surface area contributed by atoms with Crippen molar-refractivity contribution in [1.82, 2.24) is 0 Å². The van der Waals surface area contributed by atoms with E-state index in [1.165, 1.54) is 96.3 Å². The van der Waals surface area contributed by atoms with E-state index in [4.69, 9.17) is 5.11 Å². The van der Waals surface area contributed by atoms with E-state index in [9.17, 15) is 0 Å². The van der Waals surface area contributed by atoms with Gasteiger partial charge in [-0.2, -0.15) is 0 Å². The van der Waals surface area contributed by atoms with Gasteiger partial charge in [0, 0.05) is 6.61 Å². The molecule has 0 aliphatic carbocycles. The fourth-order valence-electron chi connectivity index (χ4n) is 2.96. The van der Waals surface area contributed by atoms with Gasteiger partial charge < -0.3 is 5.11 Å². The van der Waals surface area contributed by atoms with Crippen LogP contribution < -0.4 is 0 Å². The van der Waals surface area contributed by atoms with Gasteiger partial charge in [0.15, 0.2) is 0 Å². The number of hydrogen-bond donors (Lipinski definition) is 1. The minimum absolute atomic E-state index is 0.341. The van der Waals surface area contributed by atoms with Gasteiger partial charge in [-0.25, -0.2) is 0 Å². The van der Waals surface area contributed by atoms with Gasteiger partial charge in [-0.3, -0.25) is 0 Å². The number of aliphatic hydroxyl groups excluding tert-OH is 1. The fourth-order valence-corrected chi connectivity index (χ4v) is 2.96. The molecule has 0 saturated carbocycles. The molecule has 0 aliphatic rings. The molecule has 0 amide bonds. The molecular formula is C23H44O. The number of rotatable bonds is 19. The van der Waals surface area contributed by atoms with E-state index in [1.807, 2.05) is 0 Å². The average Bonchev–Trinajstić information content (AvgIpc) is 2.60. The van der Waals surface area contributed by atoms with Crippen LogP contribution >= 0.6 is 0 Å². The van der Waals surface area contributed by atoms with Crippen LogP contribution in [0.5, 0.6) is 0 Å². The lowest BCUT2D eigenvalue weighted by atomic mass is 10.1. The highest BCUT2D eigenvalue weighted by Crippen LogP contribution is 2.11. The first-order valence-corrected chi connectivity index (χ1v) is 10.8. The maximum atomic E-state index is 8.69. The van der Waals surface area contributed by atoms with Crippen LogP contribution in [0.2, 0.25) is 0 Å². The van der Waals surface area contributed by atoms with E-state index in [0.717, 1.165) is 12.8 Å². The van der Waals surface area contributed by atoms with Crippen molar-refractivity contribution in [2.45, 2.75) is 116 Å². The molecule has 0 fully saturated rings. The zero-order valence-electron chi connectivity index (χ0n) is 16.5. The molecule has 0 aromatic carbocycles. The number of allylic oxidation sites excluding steroid dienone is 4. The third-order valence-corrected chi connectivity index (χ3v) is 4.59. The quantitative estimate of drug-likeness (QED) is 0.189. The molecule has 0 unspecified atom stereocenters. The monoisotopic (exact) mass is 336 g/mol. The fraction of sp³-hybridized carbons (Fsp3) is 0.826. The Labute approximate surface area is 152 Å². The lowest BCUT2D eigenvalue weighted by Crippen LogP contribution is -1.81. The maximum Gasteiger partial charge on any atom is 0.0431 e. The molecule has 0 rings (SSSR count). The van der Waals surface area contributed by atoms with Gasteiger partial charge in [0.2, 0.25) is 0 Å². The van der Waals surface area contributed by atoms with Gasteiger partial charge in [0.1, 0.15) is 0 Å². The molecule has 0 radical (unpaired) electrons. The van der Waals surface area contributed by atoms with E-state index < -0.39 is 0 Å². The highest BCUT2D eigenvalue weighted by molar-refractivity contribution is 4.88. The molecule has 0 aromatic heterocycles. The summed E-state index contributed by atoms with van der Waals surface area (Å²) in [6, 6.07) is 0. The van der Waals surface area contributed by atoms with Crippen molar-refractivity contribution >= 4 is 0 Å². The van der Waals surface area contributed by atoms with Crippen LogP contribution in [0, 0.1) is 0 Å². The van der Waals surface area contributed by atoms with Crippen LogP contribution in [0.1, 0.15) is 116 Å². The molecule has 24 heavy (non-hydrogen) atoms. The molecule has 0 heterocycles. The van der Waals surface area contributed by atoms with Crippen LogP contribution in [0.3, 0.4) is 0 Å². The van der Waals surface area contributed by atoms with E-state index in [-0.39, 0.29) is 0 Å². The first-order chi connectivity index (χ1) is 11.9. The van der Waals surface area contributed by atoms with Crippen molar-refractivity contribution in [2.75, 3.05) is 6.61 Å². The molecule has 1 heteroatoms. The second-order valence-electron chi connectivity index (χ2n) is 7.06. The minimum atomic E-state index is 0.341. The highest BCUT2D eigenvalue weighted by Gasteiger charge is 1.91. The Morgan fingerprint density at radius 3 is 1.29 bits per heavy atom. The van der Waals surface area contributed by atoms with Crippen molar-refractivity contribution in [3.05, 3.63) is 24.3 Å². The van der Waals surface area contributed by atoms with Crippen molar-refractivity contribution < 1.29 is 5.11 Å². The van der Waals surface area contributed by atoms with Gasteiger partial charge in [-0.05, 0) is 44.9 Å². The molecule has 0 spiro atoms. The number of hydrogen-bond acceptors (Lipinski definition) is 1. The molecule has 1 N–H and O–H groups in total. The molecule has 1 nitrogen and oxygen atoms in total. The second-order valence-corrected chi connectivity index (χ2v) is 7.06. The summed E-state index contributed by atoms with van der Waals surface area (Å²) in [5.41, 5.74) is 0. The first kappa shape index (κ1) is 23.4. The molecule has 0 saturated heterocycles. The summed E-state index contributed by atoms with van der Waals surface area (Å²) in [6.45, 7) is 2.63. The molecule has 0 aromatic rings.